The van der Waals surface area contributed by atoms with Gasteiger partial charge in [-0.2, -0.15) is 0 Å². The molecule has 1 atom stereocenters. The fourth-order valence-electron chi connectivity index (χ4n) is 2.39. The average Bonchev–Trinajstić information content (AvgIpc) is 2.94. The topological polar surface area (TPSA) is 53.7 Å². The minimum atomic E-state index is 0.344. The molecule has 1 saturated heterocycles. The Labute approximate surface area is 128 Å². The summed E-state index contributed by atoms with van der Waals surface area (Å²) < 4.78 is 17.8. The molecule has 1 aromatic carbocycles. The predicted octanol–water partition coefficient (Wildman–Crippen LogP) is 2.91. The number of halogens is 1. The van der Waals surface area contributed by atoms with Crippen LogP contribution in [-0.2, 0) is 11.2 Å². The molecule has 5 heteroatoms. The lowest BCUT2D eigenvalue weighted by molar-refractivity contribution is 0.0897. The zero-order valence-electron chi connectivity index (χ0n) is 11.9. The molecule has 0 saturated carbocycles. The van der Waals surface area contributed by atoms with Crippen LogP contribution in [0.5, 0.6) is 11.5 Å². The van der Waals surface area contributed by atoms with Gasteiger partial charge in [-0.25, -0.2) is 0 Å². The van der Waals surface area contributed by atoms with Gasteiger partial charge >= 0.3 is 0 Å². The highest BCUT2D eigenvalue weighted by Crippen LogP contribution is 2.37. The number of methoxy groups -OCH3 is 1. The molecule has 2 rings (SSSR count). The highest BCUT2D eigenvalue weighted by molar-refractivity contribution is 9.10. The molecule has 4 nitrogen and oxygen atoms in total. The van der Waals surface area contributed by atoms with E-state index in [1.807, 2.05) is 12.1 Å². The van der Waals surface area contributed by atoms with E-state index < -0.39 is 0 Å². The van der Waals surface area contributed by atoms with Crippen LogP contribution in [0.25, 0.3) is 0 Å². The summed E-state index contributed by atoms with van der Waals surface area (Å²) in [7, 11) is 1.65. The van der Waals surface area contributed by atoms with E-state index in [-0.39, 0.29) is 0 Å². The first-order valence-electron chi connectivity index (χ1n) is 7.05. The van der Waals surface area contributed by atoms with Crippen LogP contribution in [0.1, 0.15) is 24.8 Å². The number of rotatable bonds is 7. The largest absolute Gasteiger partial charge is 0.493 e. The van der Waals surface area contributed by atoms with Crippen molar-refractivity contribution < 1.29 is 14.2 Å². The molecule has 112 valence electrons. The molecule has 0 aromatic heterocycles. The molecule has 1 aromatic rings. The Morgan fingerprint density at radius 2 is 2.30 bits per heavy atom. The van der Waals surface area contributed by atoms with Gasteiger partial charge in [-0.3, -0.25) is 0 Å². The van der Waals surface area contributed by atoms with Crippen LogP contribution in [0.3, 0.4) is 0 Å². The highest BCUT2D eigenvalue weighted by Gasteiger charge is 2.17. The summed E-state index contributed by atoms with van der Waals surface area (Å²) in [4.78, 5) is 0. The quantitative estimate of drug-likeness (QED) is 0.826. The Balaban J connectivity index is 1.98. The first kappa shape index (κ1) is 15.6. The molecule has 0 radical (unpaired) electrons. The minimum Gasteiger partial charge on any atom is -0.493 e. The molecule has 1 unspecified atom stereocenters. The van der Waals surface area contributed by atoms with Crippen LogP contribution < -0.4 is 15.2 Å². The van der Waals surface area contributed by atoms with E-state index in [0.29, 0.717) is 19.3 Å². The molecule has 1 aliphatic rings. The molecule has 0 spiro atoms. The van der Waals surface area contributed by atoms with E-state index in [4.69, 9.17) is 19.9 Å². The van der Waals surface area contributed by atoms with E-state index in [1.165, 1.54) is 0 Å². The number of hydrogen-bond acceptors (Lipinski definition) is 4. The summed E-state index contributed by atoms with van der Waals surface area (Å²) in [5, 5.41) is 0. The first-order chi connectivity index (χ1) is 9.74. The first-order valence-corrected chi connectivity index (χ1v) is 7.84. The van der Waals surface area contributed by atoms with Crippen molar-refractivity contribution >= 4 is 15.9 Å². The maximum atomic E-state index is 5.87. The number of hydrogen-bond donors (Lipinski definition) is 1. The Morgan fingerprint density at radius 1 is 1.45 bits per heavy atom. The van der Waals surface area contributed by atoms with Gasteiger partial charge in [0.05, 0.1) is 24.3 Å². The van der Waals surface area contributed by atoms with Crippen molar-refractivity contribution in [1.29, 1.82) is 0 Å². The van der Waals surface area contributed by atoms with Gasteiger partial charge in [0.2, 0.25) is 0 Å². The normalized spacial score (nSPS) is 18.2. The lowest BCUT2D eigenvalue weighted by Crippen LogP contribution is -2.11. The third-order valence-corrected chi connectivity index (χ3v) is 4.02. The predicted molar refractivity (Wildman–Crippen MR) is 82.5 cm³/mol. The molecule has 0 bridgehead atoms. The molecule has 2 N–H and O–H groups in total. The fourth-order valence-corrected chi connectivity index (χ4v) is 2.99. The van der Waals surface area contributed by atoms with E-state index in [2.05, 4.69) is 15.9 Å². The number of benzene rings is 1. The summed E-state index contributed by atoms with van der Waals surface area (Å²) in [5.74, 6) is 1.50. The van der Waals surface area contributed by atoms with Gasteiger partial charge < -0.3 is 19.9 Å². The molecule has 20 heavy (non-hydrogen) atoms. The highest BCUT2D eigenvalue weighted by atomic mass is 79.9. The zero-order chi connectivity index (χ0) is 14.4. The van der Waals surface area contributed by atoms with Gasteiger partial charge in [0.1, 0.15) is 0 Å². The minimum absolute atomic E-state index is 0.344. The molecule has 1 heterocycles. The Hall–Kier alpha value is -0.780. The molecule has 0 amide bonds. The lowest BCUT2D eigenvalue weighted by atomic mass is 10.1. The van der Waals surface area contributed by atoms with E-state index in [1.54, 1.807) is 7.11 Å². The smallest absolute Gasteiger partial charge is 0.175 e. The van der Waals surface area contributed by atoms with Crippen molar-refractivity contribution in [3.05, 3.63) is 22.2 Å². The molecule has 1 fully saturated rings. The van der Waals surface area contributed by atoms with Crippen molar-refractivity contribution in [3.63, 3.8) is 0 Å². The molecular formula is C15H22BrNO3. The number of nitrogens with two attached hydrogens (primary N) is 1. The lowest BCUT2D eigenvalue weighted by Gasteiger charge is -2.15. The van der Waals surface area contributed by atoms with Crippen LogP contribution in [0.4, 0.5) is 0 Å². The van der Waals surface area contributed by atoms with Crippen LogP contribution in [0, 0.1) is 0 Å². The van der Waals surface area contributed by atoms with Crippen LogP contribution in [-0.4, -0.2) is 33.0 Å². The Kier molecular flexibility index (Phi) is 6.13. The average molecular weight is 344 g/mol. The summed E-state index contributed by atoms with van der Waals surface area (Å²) in [6, 6.07) is 4.02. The van der Waals surface area contributed by atoms with E-state index >= 15 is 0 Å². The zero-order valence-corrected chi connectivity index (χ0v) is 13.4. The summed E-state index contributed by atoms with van der Waals surface area (Å²) in [6.07, 6.45) is 4.38. The second-order valence-electron chi connectivity index (χ2n) is 4.92. The molecule has 1 aliphatic heterocycles. The van der Waals surface area contributed by atoms with Crippen molar-refractivity contribution in [1.82, 2.24) is 0 Å². The SMILES string of the molecule is COc1cc(CCN)cc(Br)c1OCCC1CCCO1. The van der Waals surface area contributed by atoms with Gasteiger partial charge in [0.25, 0.3) is 0 Å². The van der Waals surface area contributed by atoms with Gasteiger partial charge in [0.15, 0.2) is 11.5 Å². The second-order valence-corrected chi connectivity index (χ2v) is 5.77. The van der Waals surface area contributed by atoms with Crippen LogP contribution >= 0.6 is 15.9 Å². The van der Waals surface area contributed by atoms with Crippen molar-refractivity contribution in [3.8, 4) is 11.5 Å². The van der Waals surface area contributed by atoms with Crippen LogP contribution in [0.15, 0.2) is 16.6 Å². The van der Waals surface area contributed by atoms with E-state index in [9.17, 15) is 0 Å². The van der Waals surface area contributed by atoms with E-state index in [0.717, 1.165) is 53.8 Å². The van der Waals surface area contributed by atoms with Gasteiger partial charge in [-0.1, -0.05) is 0 Å². The third-order valence-electron chi connectivity index (χ3n) is 3.43. The Bertz CT molecular complexity index is 433. The molecule has 0 aliphatic carbocycles. The standard InChI is InChI=1S/C15H22BrNO3/c1-18-14-10-11(4-6-17)9-13(16)15(14)20-8-5-12-3-2-7-19-12/h9-10,12H,2-8,17H2,1H3. The Morgan fingerprint density at radius 3 is 2.95 bits per heavy atom. The van der Waals surface area contributed by atoms with Crippen molar-refractivity contribution in [2.45, 2.75) is 31.8 Å². The maximum Gasteiger partial charge on any atom is 0.175 e. The summed E-state index contributed by atoms with van der Waals surface area (Å²) in [6.45, 7) is 2.14. The fraction of sp³-hybridized carbons (Fsp3) is 0.600. The van der Waals surface area contributed by atoms with Crippen LogP contribution in [0.2, 0.25) is 0 Å². The van der Waals surface area contributed by atoms with Crippen molar-refractivity contribution in [2.24, 2.45) is 5.73 Å². The second kappa shape index (κ2) is 7.86. The van der Waals surface area contributed by atoms with Gasteiger partial charge in [0, 0.05) is 13.0 Å². The van der Waals surface area contributed by atoms with Gasteiger partial charge in [-0.15, -0.1) is 0 Å². The molecular weight excluding hydrogens is 322 g/mol. The third kappa shape index (κ3) is 4.11. The summed E-state index contributed by atoms with van der Waals surface area (Å²) in [5.41, 5.74) is 6.73. The van der Waals surface area contributed by atoms with Crippen molar-refractivity contribution in [2.75, 3.05) is 26.9 Å². The number of ether oxygens (including phenoxy) is 3. The maximum absolute atomic E-state index is 5.87. The monoisotopic (exact) mass is 343 g/mol. The van der Waals surface area contributed by atoms with Gasteiger partial charge in [-0.05, 0) is 59.4 Å². The summed E-state index contributed by atoms with van der Waals surface area (Å²) >= 11 is 3.55.